The number of rotatable bonds is 6. The minimum absolute atomic E-state index is 0.143. The highest BCUT2D eigenvalue weighted by molar-refractivity contribution is 7.89. The van der Waals surface area contributed by atoms with E-state index in [1.807, 2.05) is 44.2 Å². The van der Waals surface area contributed by atoms with E-state index in [2.05, 4.69) is 19.8 Å². The van der Waals surface area contributed by atoms with Crippen LogP contribution in [0.25, 0.3) is 11.5 Å². The van der Waals surface area contributed by atoms with Crippen LogP contribution in [-0.4, -0.2) is 23.5 Å². The molecule has 3 aromatic rings. The average Bonchev–Trinajstić information content (AvgIpc) is 3.19. The maximum Gasteiger partial charge on any atom is 0.261 e. The van der Waals surface area contributed by atoms with Crippen LogP contribution in [0, 0.1) is 13.8 Å². The van der Waals surface area contributed by atoms with Gasteiger partial charge in [0, 0.05) is 23.9 Å². The highest BCUT2D eigenvalue weighted by Crippen LogP contribution is 2.33. The van der Waals surface area contributed by atoms with Crippen LogP contribution in [0.2, 0.25) is 0 Å². The number of hydrogen-bond acceptors (Lipinski definition) is 5. The lowest BCUT2D eigenvalue weighted by Crippen LogP contribution is -2.27. The van der Waals surface area contributed by atoms with Crippen LogP contribution in [0.15, 0.2) is 39.8 Å². The molecule has 0 bridgehead atoms. The fraction of sp³-hybridized carbons (Fsp3) is 0.333. The second-order valence-electron chi connectivity index (χ2n) is 6.20. The average molecular weight is 374 g/mol. The number of H-pyrrole nitrogens is 1. The molecule has 0 aliphatic carbocycles. The van der Waals surface area contributed by atoms with Crippen LogP contribution < -0.4 is 4.72 Å². The summed E-state index contributed by atoms with van der Waals surface area (Å²) < 4.78 is 34.2. The van der Waals surface area contributed by atoms with E-state index in [-0.39, 0.29) is 16.8 Å². The van der Waals surface area contributed by atoms with Gasteiger partial charge in [-0.15, -0.1) is 0 Å². The Balaban J connectivity index is 2.02. The molecular weight excluding hydrogens is 352 g/mol. The molecule has 3 rings (SSSR count). The molecule has 138 valence electrons. The Morgan fingerprint density at radius 2 is 1.88 bits per heavy atom. The first-order valence-electron chi connectivity index (χ1n) is 8.43. The van der Waals surface area contributed by atoms with Gasteiger partial charge >= 0.3 is 0 Å². The van der Waals surface area contributed by atoms with Gasteiger partial charge in [0.2, 0.25) is 10.0 Å². The van der Waals surface area contributed by atoms with Crippen LogP contribution in [0.3, 0.4) is 0 Å². The van der Waals surface area contributed by atoms with Crippen LogP contribution >= 0.6 is 0 Å². The Morgan fingerprint density at radius 1 is 1.19 bits per heavy atom. The van der Waals surface area contributed by atoms with Gasteiger partial charge in [-0.2, -0.15) is 4.98 Å². The smallest absolute Gasteiger partial charge is 0.261 e. The van der Waals surface area contributed by atoms with Gasteiger partial charge < -0.3 is 9.51 Å². The van der Waals surface area contributed by atoms with Crippen molar-refractivity contribution in [1.82, 2.24) is 19.8 Å². The Morgan fingerprint density at radius 3 is 2.50 bits per heavy atom. The van der Waals surface area contributed by atoms with Crippen LogP contribution in [0.4, 0.5) is 0 Å². The van der Waals surface area contributed by atoms with E-state index >= 15 is 0 Å². The molecule has 2 heterocycles. The number of nitrogens with one attached hydrogen (secondary N) is 2. The van der Waals surface area contributed by atoms with Crippen molar-refractivity contribution < 1.29 is 12.9 Å². The first-order chi connectivity index (χ1) is 12.3. The zero-order valence-electron chi connectivity index (χ0n) is 15.2. The van der Waals surface area contributed by atoms with Gasteiger partial charge in [-0.05, 0) is 26.3 Å². The molecule has 0 saturated carbocycles. The summed E-state index contributed by atoms with van der Waals surface area (Å²) in [6.45, 7) is 7.22. The molecule has 7 nitrogen and oxygen atoms in total. The van der Waals surface area contributed by atoms with Crippen molar-refractivity contribution in [3.63, 3.8) is 0 Å². The summed E-state index contributed by atoms with van der Waals surface area (Å²) in [6, 6.07) is 9.04. The Kier molecular flexibility index (Phi) is 4.97. The van der Waals surface area contributed by atoms with Crippen molar-refractivity contribution >= 4 is 10.0 Å². The van der Waals surface area contributed by atoms with Crippen molar-refractivity contribution in [2.45, 2.75) is 45.1 Å². The second kappa shape index (κ2) is 7.05. The summed E-state index contributed by atoms with van der Waals surface area (Å²) in [5.74, 6) is 0.739. The van der Waals surface area contributed by atoms with Crippen molar-refractivity contribution in [3.05, 3.63) is 53.1 Å². The van der Waals surface area contributed by atoms with Crippen LogP contribution in [0.1, 0.15) is 42.7 Å². The fourth-order valence-electron chi connectivity index (χ4n) is 2.95. The van der Waals surface area contributed by atoms with Gasteiger partial charge in [0.05, 0.1) is 5.56 Å². The molecule has 0 saturated heterocycles. The van der Waals surface area contributed by atoms with Crippen LogP contribution in [0.5, 0.6) is 0 Å². The molecular formula is C18H22N4O3S. The fourth-order valence-corrected chi connectivity index (χ4v) is 4.63. The number of benzene rings is 1. The summed E-state index contributed by atoms with van der Waals surface area (Å²) in [5, 5.41) is 3.88. The van der Waals surface area contributed by atoms with Gasteiger partial charge in [0.1, 0.15) is 4.90 Å². The number of nitrogens with zero attached hydrogens (tertiary/aromatic N) is 2. The summed E-state index contributed by atoms with van der Waals surface area (Å²) in [7, 11) is -3.80. The van der Waals surface area contributed by atoms with E-state index in [1.165, 1.54) is 0 Å². The van der Waals surface area contributed by atoms with Crippen molar-refractivity contribution in [2.75, 3.05) is 0 Å². The quantitative estimate of drug-likeness (QED) is 0.689. The normalized spacial score (nSPS) is 13.1. The summed E-state index contributed by atoms with van der Waals surface area (Å²) >= 11 is 0. The minimum Gasteiger partial charge on any atom is -0.361 e. The lowest BCUT2D eigenvalue weighted by Gasteiger charge is -2.15. The van der Waals surface area contributed by atoms with Gasteiger partial charge in [0.25, 0.3) is 5.89 Å². The third-order valence-electron chi connectivity index (χ3n) is 4.22. The first-order valence-corrected chi connectivity index (χ1v) is 9.91. The molecule has 2 N–H and O–H groups in total. The summed E-state index contributed by atoms with van der Waals surface area (Å²) in [4.78, 5) is 7.51. The SMILES string of the molecule is CCc1noc(-c2c(C)[nH]c(C)c2S(=O)(=O)N[C@H](C)c2ccccc2)n1. The maximum absolute atomic E-state index is 13.1. The zero-order valence-corrected chi connectivity index (χ0v) is 16.0. The topological polar surface area (TPSA) is 101 Å². The maximum atomic E-state index is 13.1. The van der Waals surface area contributed by atoms with Gasteiger partial charge in [0.15, 0.2) is 5.82 Å². The second-order valence-corrected chi connectivity index (χ2v) is 7.85. The minimum atomic E-state index is -3.80. The number of sulfonamides is 1. The largest absolute Gasteiger partial charge is 0.361 e. The molecule has 0 spiro atoms. The summed E-state index contributed by atoms with van der Waals surface area (Å²) in [5.41, 5.74) is 2.50. The number of aromatic nitrogens is 3. The van der Waals surface area contributed by atoms with Crippen LogP contribution in [-0.2, 0) is 16.4 Å². The zero-order chi connectivity index (χ0) is 18.9. The Labute approximate surface area is 152 Å². The monoisotopic (exact) mass is 374 g/mol. The van der Waals surface area contributed by atoms with E-state index in [0.29, 0.717) is 29.2 Å². The predicted molar refractivity (Wildman–Crippen MR) is 98.1 cm³/mol. The molecule has 0 unspecified atom stereocenters. The van der Waals surface area contributed by atoms with Crippen molar-refractivity contribution in [3.8, 4) is 11.5 Å². The summed E-state index contributed by atoms with van der Waals surface area (Å²) in [6.07, 6.45) is 0.608. The van der Waals surface area contributed by atoms with E-state index in [1.54, 1.807) is 13.8 Å². The van der Waals surface area contributed by atoms with E-state index < -0.39 is 10.0 Å². The van der Waals surface area contributed by atoms with Gasteiger partial charge in [-0.3, -0.25) is 0 Å². The molecule has 2 aromatic heterocycles. The highest BCUT2D eigenvalue weighted by atomic mass is 32.2. The Bertz CT molecular complexity index is 1010. The van der Waals surface area contributed by atoms with Crippen molar-refractivity contribution in [1.29, 1.82) is 0 Å². The molecule has 1 aromatic carbocycles. The Hall–Kier alpha value is -2.45. The number of aromatic amines is 1. The molecule has 0 aliphatic rings. The lowest BCUT2D eigenvalue weighted by atomic mass is 10.1. The molecule has 0 amide bonds. The first kappa shape index (κ1) is 18.3. The molecule has 0 radical (unpaired) electrons. The third-order valence-corrected chi connectivity index (χ3v) is 5.93. The van der Waals surface area contributed by atoms with E-state index in [9.17, 15) is 8.42 Å². The van der Waals surface area contributed by atoms with E-state index in [4.69, 9.17) is 4.52 Å². The van der Waals surface area contributed by atoms with Gasteiger partial charge in [-0.25, -0.2) is 13.1 Å². The van der Waals surface area contributed by atoms with Gasteiger partial charge in [-0.1, -0.05) is 42.4 Å². The number of hydrogen-bond donors (Lipinski definition) is 2. The molecule has 8 heteroatoms. The number of aryl methyl sites for hydroxylation is 3. The molecule has 0 aliphatic heterocycles. The third kappa shape index (κ3) is 3.42. The molecule has 0 fully saturated rings. The lowest BCUT2D eigenvalue weighted by molar-refractivity contribution is 0.422. The molecule has 1 atom stereocenters. The highest BCUT2D eigenvalue weighted by Gasteiger charge is 2.30. The van der Waals surface area contributed by atoms with E-state index in [0.717, 1.165) is 5.56 Å². The predicted octanol–water partition coefficient (Wildman–Crippen LogP) is 3.28. The standard InChI is InChI=1S/C18H22N4O3S/c1-5-15-20-18(25-21-15)16-12(3)19-13(4)17(16)26(23,24)22-11(2)14-9-7-6-8-10-14/h6-11,19,22H,5H2,1-4H3/t11-/m1/s1. The molecule has 26 heavy (non-hydrogen) atoms. The van der Waals surface area contributed by atoms with Crippen molar-refractivity contribution in [2.24, 2.45) is 0 Å².